The smallest absolute Gasteiger partial charge is 0.153 e. The predicted octanol–water partition coefficient (Wildman–Crippen LogP) is 3.62. The van der Waals surface area contributed by atoms with Crippen molar-refractivity contribution >= 4 is 22.5 Å². The van der Waals surface area contributed by atoms with Crippen LogP contribution in [0.5, 0.6) is 0 Å². The lowest BCUT2D eigenvalue weighted by atomic mass is 10.2. The summed E-state index contributed by atoms with van der Waals surface area (Å²) in [6, 6.07) is 20.1. The van der Waals surface area contributed by atoms with E-state index in [0.717, 1.165) is 29.1 Å². The van der Waals surface area contributed by atoms with Crippen molar-refractivity contribution in [1.29, 1.82) is 0 Å². The Morgan fingerprint density at radius 2 is 1.70 bits per heavy atom. The quantitative estimate of drug-likeness (QED) is 0.625. The van der Waals surface area contributed by atoms with Crippen LogP contribution in [0.1, 0.15) is 5.56 Å². The third-order valence-corrected chi connectivity index (χ3v) is 3.62. The summed E-state index contributed by atoms with van der Waals surface area (Å²) in [6.07, 6.45) is 3.52. The van der Waals surface area contributed by atoms with Crippen LogP contribution < -0.4 is 5.32 Å². The molecule has 2 heterocycles. The molecule has 1 N–H and O–H groups in total. The van der Waals surface area contributed by atoms with E-state index in [-0.39, 0.29) is 0 Å². The van der Waals surface area contributed by atoms with E-state index in [2.05, 4.69) is 32.5 Å². The maximum atomic E-state index is 4.55. The second kappa shape index (κ2) is 5.88. The molecule has 0 amide bonds. The molecule has 0 bridgehead atoms. The van der Waals surface area contributed by atoms with E-state index in [0.29, 0.717) is 0 Å². The Hall–Kier alpha value is -3.21. The molecule has 0 saturated carbocycles. The molecule has 4 rings (SSSR count). The highest BCUT2D eigenvalue weighted by molar-refractivity contribution is 5.90. The van der Waals surface area contributed by atoms with Gasteiger partial charge >= 0.3 is 0 Å². The number of nitrogens with one attached hydrogen (secondary N) is 1. The molecular weight excluding hydrogens is 286 g/mol. The van der Waals surface area contributed by atoms with Gasteiger partial charge in [-0.1, -0.05) is 42.5 Å². The van der Waals surface area contributed by atoms with Crippen LogP contribution in [-0.2, 0) is 6.54 Å². The minimum Gasteiger partial charge on any atom is -0.323 e. The van der Waals surface area contributed by atoms with Gasteiger partial charge in [-0.05, 0) is 17.7 Å². The fourth-order valence-corrected chi connectivity index (χ4v) is 2.51. The fourth-order valence-electron chi connectivity index (χ4n) is 2.51. The molecule has 23 heavy (non-hydrogen) atoms. The number of benzene rings is 2. The van der Waals surface area contributed by atoms with Gasteiger partial charge < -0.3 is 5.32 Å². The van der Waals surface area contributed by atoms with E-state index < -0.39 is 0 Å². The summed E-state index contributed by atoms with van der Waals surface area (Å²) >= 11 is 0. The van der Waals surface area contributed by atoms with Crippen molar-refractivity contribution in [1.82, 2.24) is 19.7 Å². The second-order valence-corrected chi connectivity index (χ2v) is 5.25. The number of hydrogen-bond acceptors (Lipinski definition) is 4. The maximum absolute atomic E-state index is 4.55. The first-order chi connectivity index (χ1) is 11.4. The van der Waals surface area contributed by atoms with Crippen molar-refractivity contribution in [2.24, 2.45) is 0 Å². The van der Waals surface area contributed by atoms with Crippen LogP contribution in [0.15, 0.2) is 73.2 Å². The van der Waals surface area contributed by atoms with E-state index in [1.54, 1.807) is 6.33 Å². The lowest BCUT2D eigenvalue weighted by molar-refractivity contribution is 0.689. The summed E-state index contributed by atoms with van der Waals surface area (Å²) in [5.41, 5.74) is 2.13. The van der Waals surface area contributed by atoms with Crippen LogP contribution in [0.2, 0.25) is 0 Å². The monoisotopic (exact) mass is 301 g/mol. The standard InChI is InChI=1S/C18H15N5/c1-2-6-14(7-3-1)12-23-11-10-17(22-23)21-18-15-8-4-5-9-16(15)19-13-20-18/h1-11,13H,12H2,(H,19,20,21,22). The van der Waals surface area contributed by atoms with Crippen molar-refractivity contribution < 1.29 is 0 Å². The van der Waals surface area contributed by atoms with E-state index in [9.17, 15) is 0 Å². The molecule has 2 aromatic carbocycles. The molecule has 0 atom stereocenters. The summed E-state index contributed by atoms with van der Waals surface area (Å²) in [7, 11) is 0. The molecule has 0 spiro atoms. The molecule has 0 aliphatic carbocycles. The molecule has 0 unspecified atom stereocenters. The summed E-state index contributed by atoms with van der Waals surface area (Å²) in [5, 5.41) is 8.80. The molecular formula is C18H15N5. The number of para-hydroxylation sites is 1. The number of rotatable bonds is 4. The van der Waals surface area contributed by atoms with Crippen LogP contribution in [0.25, 0.3) is 10.9 Å². The fraction of sp³-hybridized carbons (Fsp3) is 0.0556. The number of aromatic nitrogens is 4. The van der Waals surface area contributed by atoms with Crippen LogP contribution in [0, 0.1) is 0 Å². The zero-order valence-corrected chi connectivity index (χ0v) is 12.4. The highest BCUT2D eigenvalue weighted by atomic mass is 15.3. The van der Waals surface area contributed by atoms with E-state index in [1.807, 2.05) is 59.4 Å². The largest absolute Gasteiger partial charge is 0.323 e. The molecule has 0 fully saturated rings. The molecule has 0 saturated heterocycles. The molecule has 5 nitrogen and oxygen atoms in total. The van der Waals surface area contributed by atoms with Gasteiger partial charge in [-0.3, -0.25) is 4.68 Å². The first kappa shape index (κ1) is 13.5. The summed E-state index contributed by atoms with van der Waals surface area (Å²) in [6.45, 7) is 0.743. The van der Waals surface area contributed by atoms with E-state index >= 15 is 0 Å². The first-order valence-electron chi connectivity index (χ1n) is 7.43. The summed E-state index contributed by atoms with van der Waals surface area (Å²) < 4.78 is 1.90. The van der Waals surface area contributed by atoms with Gasteiger partial charge in [0.05, 0.1) is 12.1 Å². The Kier molecular flexibility index (Phi) is 3.44. The minimum atomic E-state index is 0.743. The van der Waals surface area contributed by atoms with Crippen molar-refractivity contribution in [2.75, 3.05) is 5.32 Å². The number of fused-ring (bicyclic) bond motifs is 1. The topological polar surface area (TPSA) is 55.6 Å². The average Bonchev–Trinajstić information content (AvgIpc) is 3.03. The highest BCUT2D eigenvalue weighted by Gasteiger charge is 2.05. The van der Waals surface area contributed by atoms with Gasteiger partial charge in [0.25, 0.3) is 0 Å². The zero-order chi connectivity index (χ0) is 15.5. The van der Waals surface area contributed by atoms with Gasteiger partial charge in [0.2, 0.25) is 0 Å². The Morgan fingerprint density at radius 1 is 0.870 bits per heavy atom. The molecule has 0 aliphatic rings. The lowest BCUT2D eigenvalue weighted by Gasteiger charge is -2.05. The second-order valence-electron chi connectivity index (χ2n) is 5.25. The van der Waals surface area contributed by atoms with Crippen LogP contribution >= 0.6 is 0 Å². The summed E-state index contributed by atoms with van der Waals surface area (Å²) in [4.78, 5) is 8.59. The van der Waals surface area contributed by atoms with Crippen molar-refractivity contribution in [3.63, 3.8) is 0 Å². The molecule has 5 heteroatoms. The van der Waals surface area contributed by atoms with Crippen molar-refractivity contribution in [3.05, 3.63) is 78.8 Å². The zero-order valence-electron chi connectivity index (χ0n) is 12.4. The van der Waals surface area contributed by atoms with Gasteiger partial charge in [0.15, 0.2) is 5.82 Å². The van der Waals surface area contributed by atoms with Crippen molar-refractivity contribution in [3.8, 4) is 0 Å². The SMILES string of the molecule is c1ccc(Cn2ccc(Nc3ncnc4ccccc34)n2)cc1. The maximum Gasteiger partial charge on any atom is 0.153 e. The van der Waals surface area contributed by atoms with E-state index in [4.69, 9.17) is 0 Å². The van der Waals surface area contributed by atoms with Crippen LogP contribution in [-0.4, -0.2) is 19.7 Å². The minimum absolute atomic E-state index is 0.743. The molecule has 2 aromatic heterocycles. The third-order valence-electron chi connectivity index (χ3n) is 3.62. The van der Waals surface area contributed by atoms with Gasteiger partial charge in [0, 0.05) is 17.6 Å². The predicted molar refractivity (Wildman–Crippen MR) is 90.6 cm³/mol. The summed E-state index contributed by atoms with van der Waals surface area (Å²) in [5.74, 6) is 1.53. The van der Waals surface area contributed by atoms with Crippen molar-refractivity contribution in [2.45, 2.75) is 6.54 Å². The normalized spacial score (nSPS) is 10.8. The van der Waals surface area contributed by atoms with Crippen LogP contribution in [0.4, 0.5) is 11.6 Å². The highest BCUT2D eigenvalue weighted by Crippen LogP contribution is 2.21. The number of hydrogen-bond donors (Lipinski definition) is 1. The molecule has 0 aliphatic heterocycles. The molecule has 0 radical (unpaired) electrons. The number of nitrogens with zero attached hydrogens (tertiary/aromatic N) is 4. The number of anilines is 2. The van der Waals surface area contributed by atoms with Gasteiger partial charge in [-0.15, -0.1) is 0 Å². The van der Waals surface area contributed by atoms with E-state index in [1.165, 1.54) is 5.56 Å². The molecule has 112 valence electrons. The van der Waals surface area contributed by atoms with Gasteiger partial charge in [0.1, 0.15) is 12.1 Å². The Labute approximate surface area is 133 Å². The first-order valence-corrected chi connectivity index (χ1v) is 7.43. The van der Waals surface area contributed by atoms with Crippen LogP contribution in [0.3, 0.4) is 0 Å². The average molecular weight is 301 g/mol. The molecule has 4 aromatic rings. The van der Waals surface area contributed by atoms with Gasteiger partial charge in [-0.2, -0.15) is 5.10 Å². The lowest BCUT2D eigenvalue weighted by Crippen LogP contribution is -2.02. The van der Waals surface area contributed by atoms with Gasteiger partial charge in [-0.25, -0.2) is 9.97 Å². The Morgan fingerprint density at radius 3 is 2.61 bits per heavy atom. The Balaban J connectivity index is 1.57. The third kappa shape index (κ3) is 2.89. The Bertz CT molecular complexity index is 925.